The summed E-state index contributed by atoms with van der Waals surface area (Å²) in [4.78, 5) is 13.4. The van der Waals surface area contributed by atoms with E-state index in [-0.39, 0.29) is 25.6 Å². The molecular weight excluding hydrogens is 527 g/mol. The minimum atomic E-state index is -3.99. The first kappa shape index (κ1) is 29.2. The van der Waals surface area contributed by atoms with Gasteiger partial charge in [0, 0.05) is 19.1 Å². The third-order valence-corrected chi connectivity index (χ3v) is 7.94. The second-order valence-corrected chi connectivity index (χ2v) is 10.7. The van der Waals surface area contributed by atoms with Crippen molar-refractivity contribution in [1.82, 2.24) is 0 Å². The van der Waals surface area contributed by atoms with Gasteiger partial charge < -0.3 is 23.3 Å². The fourth-order valence-corrected chi connectivity index (χ4v) is 5.71. The highest BCUT2D eigenvalue weighted by Crippen LogP contribution is 2.52. The molecule has 0 aliphatic carbocycles. The number of ether oxygens (including phenoxy) is 3. The molecule has 0 aliphatic heterocycles. The van der Waals surface area contributed by atoms with Gasteiger partial charge in [0.05, 0.1) is 13.2 Å². The van der Waals surface area contributed by atoms with Crippen LogP contribution in [0.1, 0.15) is 35.3 Å². The van der Waals surface area contributed by atoms with Gasteiger partial charge in [-0.1, -0.05) is 60.7 Å². The highest BCUT2D eigenvalue weighted by molar-refractivity contribution is 7.72. The highest BCUT2D eigenvalue weighted by Gasteiger charge is 2.36. The molecule has 0 saturated carbocycles. The Balaban J connectivity index is 1.66. The van der Waals surface area contributed by atoms with Gasteiger partial charge in [-0.3, -0.25) is 9.36 Å². The number of carbonyl (C=O) groups excluding carboxylic acids is 1. The molecule has 0 bridgehead atoms. The van der Waals surface area contributed by atoms with Crippen LogP contribution in [-0.4, -0.2) is 32.6 Å². The number of benzene rings is 4. The zero-order valence-corrected chi connectivity index (χ0v) is 23.8. The van der Waals surface area contributed by atoms with Crippen molar-refractivity contribution in [1.29, 1.82) is 0 Å². The van der Waals surface area contributed by atoms with Gasteiger partial charge in [0.2, 0.25) is 0 Å². The number of carbonyl (C=O) groups is 1. The van der Waals surface area contributed by atoms with Gasteiger partial charge >= 0.3 is 7.60 Å². The molecule has 8 heteroatoms. The van der Waals surface area contributed by atoms with Gasteiger partial charge in [0.25, 0.3) is 5.52 Å². The fourth-order valence-electron chi connectivity index (χ4n) is 4.23. The molecule has 0 heterocycles. The lowest BCUT2D eigenvalue weighted by molar-refractivity contribution is 0.0505. The first-order valence-corrected chi connectivity index (χ1v) is 14.6. The van der Waals surface area contributed by atoms with Gasteiger partial charge in [-0.15, -0.1) is 0 Å². The van der Waals surface area contributed by atoms with Crippen molar-refractivity contribution in [2.75, 3.05) is 27.1 Å². The molecule has 0 unspecified atom stereocenters. The second-order valence-electron chi connectivity index (χ2n) is 8.79. The summed E-state index contributed by atoms with van der Waals surface area (Å²) >= 11 is 0. The van der Waals surface area contributed by atoms with Crippen LogP contribution in [0.3, 0.4) is 0 Å². The Bertz CT molecular complexity index is 1440. The van der Waals surface area contributed by atoms with Crippen molar-refractivity contribution < 1.29 is 32.6 Å². The summed E-state index contributed by atoms with van der Waals surface area (Å²) in [7, 11) is -2.43. The van der Waals surface area contributed by atoms with Crippen LogP contribution in [0.25, 0.3) is 11.1 Å². The van der Waals surface area contributed by atoms with Crippen LogP contribution in [0.5, 0.6) is 17.2 Å². The summed E-state index contributed by atoms with van der Waals surface area (Å²) < 4.78 is 40.8. The van der Waals surface area contributed by atoms with Gasteiger partial charge in [0.1, 0.15) is 17.2 Å². The van der Waals surface area contributed by atoms with Crippen molar-refractivity contribution in [2.45, 2.75) is 20.3 Å². The average molecular weight is 561 g/mol. The van der Waals surface area contributed by atoms with Crippen molar-refractivity contribution in [2.24, 2.45) is 0 Å². The van der Waals surface area contributed by atoms with Crippen LogP contribution in [0.2, 0.25) is 0 Å². The average Bonchev–Trinajstić information content (AvgIpc) is 2.98. The minimum Gasteiger partial charge on any atom is -0.467 e. The molecule has 4 aromatic carbocycles. The largest absolute Gasteiger partial charge is 0.467 e. The molecule has 4 rings (SSSR count). The third-order valence-electron chi connectivity index (χ3n) is 6.00. The van der Waals surface area contributed by atoms with E-state index in [1.807, 2.05) is 84.9 Å². The smallest absolute Gasteiger partial charge is 0.401 e. The third kappa shape index (κ3) is 7.26. The maximum absolute atomic E-state index is 13.4. The van der Waals surface area contributed by atoms with E-state index in [0.717, 1.165) is 28.2 Å². The number of methoxy groups -OCH3 is 1. The molecule has 0 saturated heterocycles. The number of rotatable bonds is 14. The Morgan fingerprint density at radius 3 is 2.10 bits per heavy atom. The standard InChI is InChI=1S/C32H33O7P/c1-4-37-40(34,38-5-2)32(33)30-14-10-9-13-29(30)25-17-20-31(36-23-35-3)26(22-25)21-24-15-18-28(19-16-24)39-27-11-7-6-8-12-27/h6-20,22H,4-5,21,23H2,1-3H3. The van der Waals surface area contributed by atoms with Crippen molar-refractivity contribution in [3.05, 3.63) is 114 Å². The quantitative estimate of drug-likeness (QED) is 0.114. The minimum absolute atomic E-state index is 0.0933. The molecule has 0 aliphatic rings. The van der Waals surface area contributed by atoms with E-state index in [4.69, 9.17) is 23.3 Å². The maximum atomic E-state index is 13.4. The van der Waals surface area contributed by atoms with E-state index >= 15 is 0 Å². The second kappa shape index (κ2) is 14.1. The normalized spacial score (nSPS) is 11.3. The Morgan fingerprint density at radius 2 is 1.43 bits per heavy atom. The van der Waals surface area contributed by atoms with E-state index in [0.29, 0.717) is 17.7 Å². The lowest BCUT2D eigenvalue weighted by Crippen LogP contribution is -2.09. The summed E-state index contributed by atoms with van der Waals surface area (Å²) in [6.07, 6.45) is 0.561. The Kier molecular flexibility index (Phi) is 10.3. The van der Waals surface area contributed by atoms with E-state index in [2.05, 4.69) is 0 Å². The van der Waals surface area contributed by atoms with Gasteiger partial charge in [-0.05, 0) is 72.5 Å². The van der Waals surface area contributed by atoms with Crippen LogP contribution < -0.4 is 9.47 Å². The van der Waals surface area contributed by atoms with Crippen LogP contribution in [0.15, 0.2) is 97.1 Å². The Hall–Kier alpha value is -3.74. The van der Waals surface area contributed by atoms with Gasteiger partial charge in [-0.2, -0.15) is 0 Å². The first-order valence-electron chi connectivity index (χ1n) is 13.1. The van der Waals surface area contributed by atoms with E-state index < -0.39 is 13.1 Å². The zero-order chi connectivity index (χ0) is 28.4. The van der Waals surface area contributed by atoms with Crippen LogP contribution in [0, 0.1) is 0 Å². The van der Waals surface area contributed by atoms with Crippen molar-refractivity contribution in [3.63, 3.8) is 0 Å². The summed E-state index contributed by atoms with van der Waals surface area (Å²) in [6.45, 7) is 3.63. The van der Waals surface area contributed by atoms with Crippen LogP contribution >= 0.6 is 7.60 Å². The topological polar surface area (TPSA) is 80.3 Å². The molecule has 0 amide bonds. The molecule has 0 aromatic heterocycles. The summed E-state index contributed by atoms with van der Waals surface area (Å²) in [6, 6.07) is 30.2. The predicted octanol–water partition coefficient (Wildman–Crippen LogP) is 8.13. The summed E-state index contributed by atoms with van der Waals surface area (Å²) in [5, 5.41) is 0. The summed E-state index contributed by atoms with van der Waals surface area (Å²) in [5.74, 6) is 2.16. The monoisotopic (exact) mass is 560 g/mol. The van der Waals surface area contributed by atoms with E-state index in [1.54, 1.807) is 33.1 Å². The molecule has 0 spiro atoms. The molecule has 0 atom stereocenters. The lowest BCUT2D eigenvalue weighted by Gasteiger charge is -2.18. The molecule has 7 nitrogen and oxygen atoms in total. The number of hydrogen-bond acceptors (Lipinski definition) is 7. The summed E-state index contributed by atoms with van der Waals surface area (Å²) in [5.41, 5.74) is 2.94. The van der Waals surface area contributed by atoms with E-state index in [1.165, 1.54) is 0 Å². The Labute approximate surface area is 235 Å². The van der Waals surface area contributed by atoms with Crippen LogP contribution in [0.4, 0.5) is 0 Å². The first-order chi connectivity index (χ1) is 19.5. The number of para-hydroxylation sites is 1. The molecule has 40 heavy (non-hydrogen) atoms. The SMILES string of the molecule is CCOP(=O)(OCC)C(=O)c1ccccc1-c1ccc(OCOC)c(Cc2ccc(Oc3ccccc3)cc2)c1. The van der Waals surface area contributed by atoms with Gasteiger partial charge in [0.15, 0.2) is 6.79 Å². The zero-order valence-electron chi connectivity index (χ0n) is 22.9. The van der Waals surface area contributed by atoms with Gasteiger partial charge in [-0.25, -0.2) is 0 Å². The molecule has 0 N–H and O–H groups in total. The molecule has 4 aromatic rings. The van der Waals surface area contributed by atoms with Crippen molar-refractivity contribution in [3.8, 4) is 28.4 Å². The predicted molar refractivity (Wildman–Crippen MR) is 155 cm³/mol. The molecular formula is C32H33O7P. The number of hydrogen-bond donors (Lipinski definition) is 0. The van der Waals surface area contributed by atoms with Crippen molar-refractivity contribution >= 4 is 13.1 Å². The highest BCUT2D eigenvalue weighted by atomic mass is 31.2. The molecule has 208 valence electrons. The molecule has 0 fully saturated rings. The lowest BCUT2D eigenvalue weighted by atomic mass is 9.95. The van der Waals surface area contributed by atoms with E-state index in [9.17, 15) is 9.36 Å². The molecule has 0 radical (unpaired) electrons. The van der Waals surface area contributed by atoms with Crippen LogP contribution in [-0.2, 0) is 24.8 Å². The maximum Gasteiger partial charge on any atom is 0.401 e. The fraction of sp³-hybridized carbons (Fsp3) is 0.219. The Morgan fingerprint density at radius 1 is 0.775 bits per heavy atom.